The molecule has 1 unspecified atom stereocenters. The number of aliphatic hydroxyl groups excluding tert-OH is 1. The molecule has 0 aliphatic heterocycles. The second-order valence-corrected chi connectivity index (χ2v) is 8.00. The molecule has 1 N–H and O–H groups in total. The molecule has 1 atom stereocenters. The Morgan fingerprint density at radius 2 is 2.15 bits per heavy atom. The molecule has 2 nitrogen and oxygen atoms in total. The molecule has 0 saturated heterocycles. The number of halogens is 2. The Balaban J connectivity index is 2.05. The van der Waals surface area contributed by atoms with E-state index in [9.17, 15) is 9.50 Å². The number of fused-ring (bicyclic) bond motifs is 1. The predicted molar refractivity (Wildman–Crippen MR) is 82.3 cm³/mol. The number of aromatic nitrogens is 1. The van der Waals surface area contributed by atoms with E-state index in [1.165, 1.54) is 23.5 Å². The molecule has 20 heavy (non-hydrogen) atoms. The Labute approximate surface area is 129 Å². The summed E-state index contributed by atoms with van der Waals surface area (Å²) in [6.45, 7) is 4.27. The third kappa shape index (κ3) is 2.67. The lowest BCUT2D eigenvalue weighted by Crippen LogP contribution is -2.24. The average Bonchev–Trinajstić information content (AvgIpc) is 2.69. The molecule has 106 valence electrons. The second-order valence-electron chi connectivity index (χ2n) is 6.05. The van der Waals surface area contributed by atoms with Crippen molar-refractivity contribution in [2.24, 2.45) is 5.41 Å². The Kier molecular flexibility index (Phi) is 3.47. The van der Waals surface area contributed by atoms with Gasteiger partial charge in [0, 0.05) is 10.0 Å². The van der Waals surface area contributed by atoms with Crippen LogP contribution in [-0.2, 0) is 6.42 Å². The summed E-state index contributed by atoms with van der Waals surface area (Å²) in [6.07, 6.45) is 1.14. The van der Waals surface area contributed by atoms with Gasteiger partial charge < -0.3 is 5.11 Å². The van der Waals surface area contributed by atoms with Crippen molar-refractivity contribution in [2.75, 3.05) is 0 Å². The van der Waals surface area contributed by atoms with Gasteiger partial charge in [-0.15, -0.1) is 11.3 Å². The van der Waals surface area contributed by atoms with E-state index in [-0.39, 0.29) is 11.2 Å². The van der Waals surface area contributed by atoms with Crippen LogP contribution in [0.3, 0.4) is 0 Å². The largest absolute Gasteiger partial charge is 0.387 e. The Morgan fingerprint density at radius 1 is 1.40 bits per heavy atom. The van der Waals surface area contributed by atoms with E-state index in [0.29, 0.717) is 4.47 Å². The van der Waals surface area contributed by atoms with Crippen LogP contribution in [0.1, 0.15) is 36.9 Å². The zero-order chi connectivity index (χ0) is 14.5. The predicted octanol–water partition coefficient (Wildman–Crippen LogP) is 4.72. The first kappa shape index (κ1) is 14.2. The van der Waals surface area contributed by atoms with Crippen LogP contribution in [0.15, 0.2) is 22.7 Å². The van der Waals surface area contributed by atoms with E-state index in [0.717, 1.165) is 34.0 Å². The molecule has 1 aliphatic rings. The summed E-state index contributed by atoms with van der Waals surface area (Å²) in [6, 6.07) is 4.76. The highest BCUT2D eigenvalue weighted by atomic mass is 79.9. The molecule has 3 rings (SSSR count). The molecular formula is C15H15BrFNOS. The van der Waals surface area contributed by atoms with Crippen LogP contribution in [0, 0.1) is 11.2 Å². The van der Waals surface area contributed by atoms with Crippen molar-refractivity contribution in [3.8, 4) is 10.6 Å². The van der Waals surface area contributed by atoms with E-state index in [4.69, 9.17) is 0 Å². The van der Waals surface area contributed by atoms with Gasteiger partial charge in [-0.1, -0.05) is 29.8 Å². The summed E-state index contributed by atoms with van der Waals surface area (Å²) in [5.74, 6) is -0.288. The maximum atomic E-state index is 13.5. The molecule has 0 fully saturated rings. The topological polar surface area (TPSA) is 33.1 Å². The van der Waals surface area contributed by atoms with Crippen molar-refractivity contribution >= 4 is 27.3 Å². The lowest BCUT2D eigenvalue weighted by Gasteiger charge is -2.31. The molecule has 1 aliphatic carbocycles. The van der Waals surface area contributed by atoms with E-state index in [1.54, 1.807) is 0 Å². The molecule has 5 heteroatoms. The van der Waals surface area contributed by atoms with E-state index in [2.05, 4.69) is 34.8 Å². The fraction of sp³-hybridized carbons (Fsp3) is 0.400. The molecule has 1 heterocycles. The van der Waals surface area contributed by atoms with Crippen LogP contribution in [0.4, 0.5) is 4.39 Å². The monoisotopic (exact) mass is 355 g/mol. The van der Waals surface area contributed by atoms with Crippen molar-refractivity contribution in [1.82, 2.24) is 4.98 Å². The highest BCUT2D eigenvalue weighted by Gasteiger charge is 2.34. The standard InChI is InChI=1S/C15H15BrFNOS/c1-15(2)6-11-13(12(19)7-15)20-14(18-11)8-3-9(16)5-10(17)4-8/h3-5,12,19H,6-7H2,1-2H3. The van der Waals surface area contributed by atoms with Gasteiger partial charge in [0.25, 0.3) is 0 Å². The summed E-state index contributed by atoms with van der Waals surface area (Å²) >= 11 is 4.77. The molecule has 0 amide bonds. The molecule has 0 saturated carbocycles. The normalized spacial score (nSPS) is 20.8. The van der Waals surface area contributed by atoms with E-state index >= 15 is 0 Å². The van der Waals surface area contributed by atoms with Gasteiger partial charge in [0.2, 0.25) is 0 Å². The lowest BCUT2D eigenvalue weighted by molar-refractivity contribution is 0.102. The summed E-state index contributed by atoms with van der Waals surface area (Å²) < 4.78 is 14.2. The number of nitrogens with zero attached hydrogens (tertiary/aromatic N) is 1. The summed E-state index contributed by atoms with van der Waals surface area (Å²) in [5, 5.41) is 11.0. The van der Waals surface area contributed by atoms with Gasteiger partial charge in [-0.25, -0.2) is 9.37 Å². The SMILES string of the molecule is CC1(C)Cc2nc(-c3cc(F)cc(Br)c3)sc2C(O)C1. The summed E-state index contributed by atoms with van der Waals surface area (Å²) in [5.41, 5.74) is 1.76. The minimum absolute atomic E-state index is 0.0558. The Morgan fingerprint density at radius 3 is 2.85 bits per heavy atom. The first-order chi connectivity index (χ1) is 9.34. The van der Waals surface area contributed by atoms with Crippen LogP contribution in [-0.4, -0.2) is 10.1 Å². The highest BCUT2D eigenvalue weighted by Crippen LogP contribution is 2.44. The molecular weight excluding hydrogens is 341 g/mol. The summed E-state index contributed by atoms with van der Waals surface area (Å²) in [4.78, 5) is 5.55. The van der Waals surface area contributed by atoms with Gasteiger partial charge in [0.1, 0.15) is 10.8 Å². The van der Waals surface area contributed by atoms with Gasteiger partial charge in [0.15, 0.2) is 0 Å². The molecule has 1 aromatic heterocycles. The van der Waals surface area contributed by atoms with Crippen LogP contribution in [0.2, 0.25) is 0 Å². The van der Waals surface area contributed by atoms with Crippen LogP contribution >= 0.6 is 27.3 Å². The van der Waals surface area contributed by atoms with Crippen molar-refractivity contribution < 1.29 is 9.50 Å². The molecule has 0 radical (unpaired) electrons. The Hall–Kier alpha value is -0.780. The smallest absolute Gasteiger partial charge is 0.125 e. The Bertz CT molecular complexity index is 648. The minimum atomic E-state index is -0.461. The average molecular weight is 356 g/mol. The van der Waals surface area contributed by atoms with E-state index < -0.39 is 6.10 Å². The van der Waals surface area contributed by atoms with Gasteiger partial charge in [0.05, 0.1) is 16.7 Å². The van der Waals surface area contributed by atoms with Crippen molar-refractivity contribution in [3.05, 3.63) is 39.1 Å². The second kappa shape index (κ2) is 4.90. The lowest BCUT2D eigenvalue weighted by atomic mass is 9.77. The van der Waals surface area contributed by atoms with Crippen molar-refractivity contribution in [3.63, 3.8) is 0 Å². The maximum absolute atomic E-state index is 13.5. The zero-order valence-corrected chi connectivity index (χ0v) is 13.7. The number of benzene rings is 1. The van der Waals surface area contributed by atoms with Crippen LogP contribution in [0.25, 0.3) is 10.6 Å². The molecule has 0 bridgehead atoms. The van der Waals surface area contributed by atoms with Gasteiger partial charge in [-0.2, -0.15) is 0 Å². The maximum Gasteiger partial charge on any atom is 0.125 e. The van der Waals surface area contributed by atoms with Gasteiger partial charge in [-0.3, -0.25) is 0 Å². The van der Waals surface area contributed by atoms with Crippen molar-refractivity contribution in [2.45, 2.75) is 32.8 Å². The van der Waals surface area contributed by atoms with Gasteiger partial charge >= 0.3 is 0 Å². The zero-order valence-electron chi connectivity index (χ0n) is 11.3. The van der Waals surface area contributed by atoms with Gasteiger partial charge in [-0.05, 0) is 36.5 Å². The number of thiazole rings is 1. The molecule has 2 aromatic rings. The molecule has 0 spiro atoms. The minimum Gasteiger partial charge on any atom is -0.387 e. The fourth-order valence-electron chi connectivity index (χ4n) is 2.69. The van der Waals surface area contributed by atoms with Crippen molar-refractivity contribution in [1.29, 1.82) is 0 Å². The van der Waals surface area contributed by atoms with E-state index in [1.807, 2.05) is 6.07 Å². The highest BCUT2D eigenvalue weighted by molar-refractivity contribution is 9.10. The number of aliphatic hydroxyl groups is 1. The number of hydrogen-bond acceptors (Lipinski definition) is 3. The third-order valence-electron chi connectivity index (χ3n) is 3.53. The summed E-state index contributed by atoms with van der Waals surface area (Å²) in [7, 11) is 0. The van der Waals surface area contributed by atoms with Crippen LogP contribution in [0.5, 0.6) is 0 Å². The number of hydrogen-bond donors (Lipinski definition) is 1. The molecule has 1 aromatic carbocycles. The first-order valence-corrected chi connectivity index (χ1v) is 8.09. The third-order valence-corrected chi connectivity index (χ3v) is 5.24. The fourth-order valence-corrected chi connectivity index (χ4v) is 4.21. The first-order valence-electron chi connectivity index (χ1n) is 6.48. The quantitative estimate of drug-likeness (QED) is 0.802. The van der Waals surface area contributed by atoms with Crippen LogP contribution < -0.4 is 0 Å². The number of rotatable bonds is 1.